The van der Waals surface area contributed by atoms with Gasteiger partial charge in [0.25, 0.3) is 0 Å². The minimum Gasteiger partial charge on any atom is -0.0850 e. The smallest absolute Gasteiger partial charge is 0.00671 e. The first kappa shape index (κ1) is 9.51. The van der Waals surface area contributed by atoms with Crippen LogP contribution >= 0.6 is 0 Å². The zero-order valence-corrected chi connectivity index (χ0v) is 8.92. The summed E-state index contributed by atoms with van der Waals surface area (Å²) in [6.45, 7) is 2.14. The maximum atomic E-state index is 2.43. The van der Waals surface area contributed by atoms with Crippen LogP contribution in [0.1, 0.15) is 36.8 Å². The van der Waals surface area contributed by atoms with Crippen molar-refractivity contribution >= 4 is 0 Å². The molecule has 0 aliphatic heterocycles. The third-order valence-electron chi connectivity index (χ3n) is 2.94. The SMILES string of the molecule is Cc1ccc(CC2=CCCCC2)cc1. The van der Waals surface area contributed by atoms with Gasteiger partial charge in [0.1, 0.15) is 0 Å². The van der Waals surface area contributed by atoms with Crippen molar-refractivity contribution in [2.45, 2.75) is 39.0 Å². The summed E-state index contributed by atoms with van der Waals surface area (Å²) in [6, 6.07) is 8.92. The second-order valence-corrected chi connectivity index (χ2v) is 4.27. The molecule has 0 unspecified atom stereocenters. The molecule has 0 nitrogen and oxygen atoms in total. The highest BCUT2D eigenvalue weighted by molar-refractivity contribution is 5.26. The predicted molar refractivity (Wildman–Crippen MR) is 61.4 cm³/mol. The Morgan fingerprint density at radius 2 is 1.86 bits per heavy atom. The number of rotatable bonds is 2. The molecule has 1 aliphatic rings. The molecule has 1 aromatic carbocycles. The average molecular weight is 186 g/mol. The second kappa shape index (κ2) is 4.45. The van der Waals surface area contributed by atoms with Gasteiger partial charge in [0.2, 0.25) is 0 Å². The minimum atomic E-state index is 1.17. The van der Waals surface area contributed by atoms with Gasteiger partial charge in [-0.1, -0.05) is 41.5 Å². The van der Waals surface area contributed by atoms with Gasteiger partial charge in [0.05, 0.1) is 0 Å². The van der Waals surface area contributed by atoms with E-state index in [0.717, 1.165) is 0 Å². The van der Waals surface area contributed by atoms with Gasteiger partial charge in [-0.25, -0.2) is 0 Å². The minimum absolute atomic E-state index is 1.17. The van der Waals surface area contributed by atoms with Crippen LogP contribution in [-0.4, -0.2) is 0 Å². The third kappa shape index (κ3) is 2.47. The summed E-state index contributed by atoms with van der Waals surface area (Å²) in [4.78, 5) is 0. The Kier molecular flexibility index (Phi) is 3.03. The van der Waals surface area contributed by atoms with E-state index in [1.807, 2.05) is 0 Å². The van der Waals surface area contributed by atoms with Crippen LogP contribution in [0.4, 0.5) is 0 Å². The molecule has 14 heavy (non-hydrogen) atoms. The molecule has 0 N–H and O–H groups in total. The quantitative estimate of drug-likeness (QED) is 0.611. The van der Waals surface area contributed by atoms with Crippen molar-refractivity contribution in [2.75, 3.05) is 0 Å². The maximum Gasteiger partial charge on any atom is -0.00671 e. The van der Waals surface area contributed by atoms with Gasteiger partial charge in [0, 0.05) is 0 Å². The van der Waals surface area contributed by atoms with Crippen LogP contribution in [0, 0.1) is 6.92 Å². The molecular weight excluding hydrogens is 168 g/mol. The lowest BCUT2D eigenvalue weighted by atomic mass is 9.94. The van der Waals surface area contributed by atoms with E-state index in [4.69, 9.17) is 0 Å². The van der Waals surface area contributed by atoms with Crippen LogP contribution in [0.5, 0.6) is 0 Å². The topological polar surface area (TPSA) is 0 Å². The molecule has 0 heterocycles. The van der Waals surface area contributed by atoms with Crippen molar-refractivity contribution in [3.05, 3.63) is 47.0 Å². The monoisotopic (exact) mass is 186 g/mol. The Bertz CT molecular complexity index is 316. The molecule has 0 aromatic heterocycles. The van der Waals surface area contributed by atoms with Gasteiger partial charge >= 0.3 is 0 Å². The molecule has 2 rings (SSSR count). The van der Waals surface area contributed by atoms with Crippen molar-refractivity contribution in [1.29, 1.82) is 0 Å². The summed E-state index contributed by atoms with van der Waals surface area (Å²) in [5, 5.41) is 0. The molecule has 1 aliphatic carbocycles. The third-order valence-corrected chi connectivity index (χ3v) is 2.94. The van der Waals surface area contributed by atoms with Crippen molar-refractivity contribution in [3.63, 3.8) is 0 Å². The Balaban J connectivity index is 2.03. The number of hydrogen-bond donors (Lipinski definition) is 0. The number of hydrogen-bond acceptors (Lipinski definition) is 0. The summed E-state index contributed by atoms with van der Waals surface area (Å²) in [5.74, 6) is 0. The molecule has 0 saturated heterocycles. The largest absolute Gasteiger partial charge is 0.0850 e. The number of benzene rings is 1. The van der Waals surface area contributed by atoms with Crippen molar-refractivity contribution in [1.82, 2.24) is 0 Å². The van der Waals surface area contributed by atoms with Crippen LogP contribution in [0.3, 0.4) is 0 Å². The lowest BCUT2D eigenvalue weighted by Crippen LogP contribution is -1.95. The van der Waals surface area contributed by atoms with Gasteiger partial charge in [-0.05, 0) is 44.6 Å². The number of aryl methyl sites for hydroxylation is 1. The molecule has 1 aromatic rings. The first-order valence-corrected chi connectivity index (χ1v) is 5.58. The van der Waals surface area contributed by atoms with E-state index in [0.29, 0.717) is 0 Å². The highest BCUT2D eigenvalue weighted by Crippen LogP contribution is 2.21. The lowest BCUT2D eigenvalue weighted by molar-refractivity contribution is 0.688. The van der Waals surface area contributed by atoms with E-state index in [1.54, 1.807) is 5.57 Å². The molecule has 0 saturated carbocycles. The van der Waals surface area contributed by atoms with Crippen LogP contribution < -0.4 is 0 Å². The maximum absolute atomic E-state index is 2.43. The molecule has 0 heteroatoms. The normalized spacial score (nSPS) is 16.5. The zero-order valence-electron chi connectivity index (χ0n) is 8.92. The van der Waals surface area contributed by atoms with E-state index in [1.165, 1.54) is 43.2 Å². The summed E-state index contributed by atoms with van der Waals surface area (Å²) >= 11 is 0. The molecule has 0 bridgehead atoms. The van der Waals surface area contributed by atoms with Gasteiger partial charge < -0.3 is 0 Å². The van der Waals surface area contributed by atoms with E-state index >= 15 is 0 Å². The molecule has 74 valence electrons. The first-order chi connectivity index (χ1) is 6.84. The van der Waals surface area contributed by atoms with Crippen molar-refractivity contribution in [2.24, 2.45) is 0 Å². The highest BCUT2D eigenvalue weighted by Gasteiger charge is 2.03. The highest BCUT2D eigenvalue weighted by atomic mass is 14.1. The number of allylic oxidation sites excluding steroid dienone is 2. The van der Waals surface area contributed by atoms with Crippen LogP contribution in [-0.2, 0) is 6.42 Å². The van der Waals surface area contributed by atoms with Gasteiger partial charge in [-0.15, -0.1) is 0 Å². The summed E-state index contributed by atoms with van der Waals surface area (Å²) in [6.07, 6.45) is 8.98. The van der Waals surface area contributed by atoms with Gasteiger partial charge in [-0.3, -0.25) is 0 Å². The van der Waals surface area contributed by atoms with E-state index in [-0.39, 0.29) is 0 Å². The fourth-order valence-corrected chi connectivity index (χ4v) is 2.03. The molecule has 0 fully saturated rings. The fraction of sp³-hybridized carbons (Fsp3) is 0.429. The van der Waals surface area contributed by atoms with Crippen molar-refractivity contribution < 1.29 is 0 Å². The Morgan fingerprint density at radius 3 is 2.50 bits per heavy atom. The van der Waals surface area contributed by atoms with Crippen molar-refractivity contribution in [3.8, 4) is 0 Å². The summed E-state index contributed by atoms with van der Waals surface area (Å²) in [5.41, 5.74) is 4.45. The van der Waals surface area contributed by atoms with E-state index < -0.39 is 0 Å². The van der Waals surface area contributed by atoms with E-state index in [2.05, 4.69) is 37.3 Å². The summed E-state index contributed by atoms with van der Waals surface area (Å²) in [7, 11) is 0. The van der Waals surface area contributed by atoms with Crippen LogP contribution in [0.2, 0.25) is 0 Å². The van der Waals surface area contributed by atoms with Crippen LogP contribution in [0.15, 0.2) is 35.9 Å². The van der Waals surface area contributed by atoms with Gasteiger partial charge in [-0.2, -0.15) is 0 Å². The lowest BCUT2D eigenvalue weighted by Gasteiger charge is -2.12. The molecule has 0 radical (unpaired) electrons. The Morgan fingerprint density at radius 1 is 1.07 bits per heavy atom. The molecule has 0 amide bonds. The molecular formula is C14H18. The average Bonchev–Trinajstić information content (AvgIpc) is 2.23. The van der Waals surface area contributed by atoms with Crippen LogP contribution in [0.25, 0.3) is 0 Å². The zero-order chi connectivity index (χ0) is 9.80. The molecule has 0 atom stereocenters. The Hall–Kier alpha value is -1.04. The molecule has 0 spiro atoms. The Labute approximate surface area is 86.7 Å². The van der Waals surface area contributed by atoms with E-state index in [9.17, 15) is 0 Å². The standard InChI is InChI=1S/C14H18/c1-12-7-9-14(10-8-12)11-13-5-3-2-4-6-13/h5,7-10H,2-4,6,11H2,1H3. The predicted octanol–water partition coefficient (Wildman–Crippen LogP) is 4.04. The fourth-order valence-electron chi connectivity index (χ4n) is 2.03. The summed E-state index contributed by atoms with van der Waals surface area (Å²) < 4.78 is 0. The second-order valence-electron chi connectivity index (χ2n) is 4.27. The first-order valence-electron chi connectivity index (χ1n) is 5.58. The van der Waals surface area contributed by atoms with Gasteiger partial charge in [0.15, 0.2) is 0 Å².